The van der Waals surface area contributed by atoms with Gasteiger partial charge >= 0.3 is 0 Å². The normalized spacial score (nSPS) is 14.9. The predicted octanol–water partition coefficient (Wildman–Crippen LogP) is 4.28. The molecule has 0 amide bonds. The fourth-order valence-electron chi connectivity index (χ4n) is 4.25. The minimum absolute atomic E-state index is 0.184. The van der Waals surface area contributed by atoms with E-state index in [-0.39, 0.29) is 5.54 Å². The fraction of sp³-hybridized carbons (Fsp3) is 0.160. The second-order valence-electron chi connectivity index (χ2n) is 8.22. The molecule has 1 fully saturated rings. The van der Waals surface area contributed by atoms with Crippen LogP contribution in [0.5, 0.6) is 0 Å². The molecule has 5 aromatic rings. The third-order valence-electron chi connectivity index (χ3n) is 6.21. The topological polar surface area (TPSA) is 95.4 Å². The Morgan fingerprint density at radius 2 is 1.56 bits per heavy atom. The maximum Gasteiger partial charge on any atom is 0.182 e. The molecule has 0 saturated heterocycles. The summed E-state index contributed by atoms with van der Waals surface area (Å²) < 4.78 is 2.09. The summed E-state index contributed by atoms with van der Waals surface area (Å²) in [7, 11) is 0. The van der Waals surface area contributed by atoms with E-state index in [2.05, 4.69) is 55.9 Å². The molecule has 32 heavy (non-hydrogen) atoms. The van der Waals surface area contributed by atoms with E-state index in [1.807, 2.05) is 24.4 Å². The van der Waals surface area contributed by atoms with Gasteiger partial charge in [-0.1, -0.05) is 42.5 Å². The Morgan fingerprint density at radius 1 is 0.812 bits per heavy atom. The summed E-state index contributed by atoms with van der Waals surface area (Å²) in [5, 5.41) is 0. The first kappa shape index (κ1) is 18.8. The van der Waals surface area contributed by atoms with Crippen LogP contribution in [0.25, 0.3) is 39.6 Å². The van der Waals surface area contributed by atoms with Gasteiger partial charge in [-0.2, -0.15) is 0 Å². The van der Waals surface area contributed by atoms with E-state index in [1.54, 1.807) is 12.4 Å². The van der Waals surface area contributed by atoms with Gasteiger partial charge in [-0.05, 0) is 37.0 Å². The number of para-hydroxylation sites is 1. The molecule has 156 valence electrons. The van der Waals surface area contributed by atoms with E-state index in [1.165, 1.54) is 18.3 Å². The van der Waals surface area contributed by atoms with Gasteiger partial charge in [0, 0.05) is 29.2 Å². The van der Waals surface area contributed by atoms with Crippen LogP contribution in [0, 0.1) is 0 Å². The SMILES string of the molecule is NC1(c2ccc(-c3nc4nc(-c5cncnc5)ncc4n3-c3ccccc3)cc2)CCC1. The lowest BCUT2D eigenvalue weighted by Crippen LogP contribution is -2.43. The molecule has 1 aliphatic carbocycles. The van der Waals surface area contributed by atoms with Crippen molar-refractivity contribution in [1.29, 1.82) is 0 Å². The van der Waals surface area contributed by atoms with Crippen molar-refractivity contribution < 1.29 is 0 Å². The summed E-state index contributed by atoms with van der Waals surface area (Å²) in [6.45, 7) is 0. The Morgan fingerprint density at radius 3 is 2.25 bits per heavy atom. The lowest BCUT2D eigenvalue weighted by Gasteiger charge is -2.38. The molecule has 0 bridgehead atoms. The van der Waals surface area contributed by atoms with Gasteiger partial charge in [0.15, 0.2) is 11.5 Å². The van der Waals surface area contributed by atoms with Crippen LogP contribution in [-0.4, -0.2) is 29.5 Å². The second-order valence-corrected chi connectivity index (χ2v) is 8.22. The number of rotatable bonds is 4. The molecule has 6 rings (SSSR count). The Kier molecular flexibility index (Phi) is 4.29. The third kappa shape index (κ3) is 3.06. The van der Waals surface area contributed by atoms with Gasteiger partial charge in [-0.15, -0.1) is 0 Å². The van der Waals surface area contributed by atoms with Crippen molar-refractivity contribution in [3.05, 3.63) is 85.1 Å². The lowest BCUT2D eigenvalue weighted by atomic mass is 9.73. The lowest BCUT2D eigenvalue weighted by molar-refractivity contribution is 0.253. The second kappa shape index (κ2) is 7.32. The summed E-state index contributed by atoms with van der Waals surface area (Å²) >= 11 is 0. The number of hydrogen-bond acceptors (Lipinski definition) is 6. The van der Waals surface area contributed by atoms with Crippen molar-refractivity contribution in [3.63, 3.8) is 0 Å². The number of fused-ring (bicyclic) bond motifs is 1. The van der Waals surface area contributed by atoms with E-state index in [4.69, 9.17) is 15.7 Å². The number of nitrogens with zero attached hydrogens (tertiary/aromatic N) is 6. The number of aromatic nitrogens is 6. The highest BCUT2D eigenvalue weighted by atomic mass is 15.1. The fourth-order valence-corrected chi connectivity index (χ4v) is 4.25. The van der Waals surface area contributed by atoms with Gasteiger partial charge in [0.1, 0.15) is 17.7 Å². The van der Waals surface area contributed by atoms with Crippen LogP contribution in [0.4, 0.5) is 0 Å². The highest BCUT2D eigenvalue weighted by Crippen LogP contribution is 2.39. The molecular weight excluding hydrogens is 398 g/mol. The average molecular weight is 419 g/mol. The van der Waals surface area contributed by atoms with Crippen molar-refractivity contribution >= 4 is 11.2 Å². The highest BCUT2D eigenvalue weighted by Gasteiger charge is 2.34. The molecular formula is C25H21N7. The van der Waals surface area contributed by atoms with E-state index < -0.39 is 0 Å². The van der Waals surface area contributed by atoms with Crippen molar-refractivity contribution in [3.8, 4) is 28.5 Å². The summed E-state index contributed by atoms with van der Waals surface area (Å²) in [5.74, 6) is 1.36. The smallest absolute Gasteiger partial charge is 0.182 e. The van der Waals surface area contributed by atoms with E-state index in [0.29, 0.717) is 11.5 Å². The molecule has 7 nitrogen and oxygen atoms in total. The zero-order valence-corrected chi connectivity index (χ0v) is 17.4. The number of benzene rings is 2. The number of nitrogens with two attached hydrogens (primary N) is 1. The summed E-state index contributed by atoms with van der Waals surface area (Å²) in [4.78, 5) is 22.3. The number of hydrogen-bond donors (Lipinski definition) is 1. The van der Waals surface area contributed by atoms with Crippen LogP contribution in [0.3, 0.4) is 0 Å². The first-order valence-corrected chi connectivity index (χ1v) is 10.7. The van der Waals surface area contributed by atoms with Gasteiger partial charge in [0.25, 0.3) is 0 Å². The quantitative estimate of drug-likeness (QED) is 0.467. The molecule has 2 aromatic carbocycles. The summed E-state index contributed by atoms with van der Waals surface area (Å²) in [6.07, 6.45) is 9.97. The first-order chi connectivity index (χ1) is 15.7. The first-order valence-electron chi connectivity index (χ1n) is 10.7. The Balaban J connectivity index is 1.51. The zero-order valence-electron chi connectivity index (χ0n) is 17.4. The molecule has 0 unspecified atom stereocenters. The van der Waals surface area contributed by atoms with Crippen LogP contribution < -0.4 is 5.73 Å². The third-order valence-corrected chi connectivity index (χ3v) is 6.21. The standard InChI is InChI=1S/C25H21N7/c26-25(11-4-12-25)19-9-7-17(8-10-19)24-31-23-21(32(24)20-5-2-1-3-6-20)15-29-22(30-23)18-13-27-16-28-14-18/h1-3,5-10,13-16H,4,11-12,26H2. The number of imidazole rings is 1. The average Bonchev–Trinajstić information content (AvgIpc) is 3.22. The van der Waals surface area contributed by atoms with Crippen molar-refractivity contribution in [2.45, 2.75) is 24.8 Å². The molecule has 2 N–H and O–H groups in total. The van der Waals surface area contributed by atoms with Gasteiger partial charge in [-0.25, -0.2) is 24.9 Å². The minimum Gasteiger partial charge on any atom is -0.321 e. The maximum absolute atomic E-state index is 6.52. The molecule has 1 saturated carbocycles. The van der Waals surface area contributed by atoms with Crippen LogP contribution in [0.2, 0.25) is 0 Å². The van der Waals surface area contributed by atoms with E-state index in [9.17, 15) is 0 Å². The molecule has 3 heterocycles. The van der Waals surface area contributed by atoms with Crippen LogP contribution >= 0.6 is 0 Å². The zero-order chi connectivity index (χ0) is 21.5. The van der Waals surface area contributed by atoms with Gasteiger partial charge < -0.3 is 5.73 Å². The maximum atomic E-state index is 6.52. The molecule has 7 heteroatoms. The molecule has 0 spiro atoms. The molecule has 0 aliphatic heterocycles. The van der Waals surface area contributed by atoms with Crippen LogP contribution in [0.15, 0.2) is 79.5 Å². The molecule has 0 atom stereocenters. The largest absolute Gasteiger partial charge is 0.321 e. The van der Waals surface area contributed by atoms with E-state index >= 15 is 0 Å². The predicted molar refractivity (Wildman–Crippen MR) is 123 cm³/mol. The molecule has 1 aliphatic rings. The van der Waals surface area contributed by atoms with Crippen molar-refractivity contribution in [1.82, 2.24) is 29.5 Å². The van der Waals surface area contributed by atoms with Crippen LogP contribution in [-0.2, 0) is 5.54 Å². The monoisotopic (exact) mass is 419 g/mol. The summed E-state index contributed by atoms with van der Waals surface area (Å²) in [6, 6.07) is 18.6. The minimum atomic E-state index is -0.184. The Hall–Kier alpha value is -3.97. The summed E-state index contributed by atoms with van der Waals surface area (Å²) in [5.41, 5.74) is 11.7. The Bertz CT molecular complexity index is 1390. The highest BCUT2D eigenvalue weighted by molar-refractivity contribution is 5.81. The Labute approximate surface area is 185 Å². The van der Waals surface area contributed by atoms with Gasteiger partial charge in [0.05, 0.1) is 11.8 Å². The van der Waals surface area contributed by atoms with Crippen molar-refractivity contribution in [2.24, 2.45) is 5.73 Å². The van der Waals surface area contributed by atoms with Crippen LogP contribution in [0.1, 0.15) is 24.8 Å². The van der Waals surface area contributed by atoms with Gasteiger partial charge in [-0.3, -0.25) is 4.57 Å². The van der Waals surface area contributed by atoms with Crippen molar-refractivity contribution in [2.75, 3.05) is 0 Å². The molecule has 0 radical (unpaired) electrons. The molecule has 3 aromatic heterocycles. The van der Waals surface area contributed by atoms with Gasteiger partial charge in [0.2, 0.25) is 0 Å². The van der Waals surface area contributed by atoms with E-state index in [0.717, 1.165) is 41.0 Å².